The molecule has 2 aromatic rings. The van der Waals surface area contributed by atoms with Crippen molar-refractivity contribution in [2.24, 2.45) is 0 Å². The van der Waals surface area contributed by atoms with Crippen LogP contribution < -0.4 is 9.47 Å². The number of rotatable bonds is 5. The maximum absolute atomic E-state index is 8.69. The Hall–Kier alpha value is -2.06. The van der Waals surface area contributed by atoms with Crippen LogP contribution in [0.5, 0.6) is 11.5 Å². The molecule has 1 aromatic heterocycles. The third-order valence-electron chi connectivity index (χ3n) is 2.29. The lowest BCUT2D eigenvalue weighted by molar-refractivity contribution is 0.319. The van der Waals surface area contributed by atoms with Crippen LogP contribution >= 0.6 is 11.3 Å². The van der Waals surface area contributed by atoms with Gasteiger partial charge in [0.15, 0.2) is 0 Å². The highest BCUT2D eigenvalue weighted by Gasteiger charge is 2.02. The molecule has 1 aromatic carbocycles. The van der Waals surface area contributed by atoms with E-state index in [-0.39, 0.29) is 0 Å². The third-order valence-corrected chi connectivity index (χ3v) is 3.25. The molecule has 0 aliphatic carbocycles. The summed E-state index contributed by atoms with van der Waals surface area (Å²) in [6.45, 7) is 0.533. The minimum atomic E-state index is 0.533. The van der Waals surface area contributed by atoms with Gasteiger partial charge < -0.3 is 9.47 Å². The minimum absolute atomic E-state index is 0.533. The highest BCUT2D eigenvalue weighted by atomic mass is 32.1. The van der Waals surface area contributed by atoms with Crippen LogP contribution in [0.1, 0.15) is 9.88 Å². The van der Waals surface area contributed by atoms with Crippen LogP contribution in [0.25, 0.3) is 0 Å². The molecule has 0 atom stereocenters. The molecule has 0 aliphatic heterocycles. The molecule has 0 spiro atoms. The zero-order chi connectivity index (χ0) is 12.8. The van der Waals surface area contributed by atoms with Crippen LogP contribution in [-0.2, 0) is 6.42 Å². The zero-order valence-corrected chi connectivity index (χ0v) is 10.7. The smallest absolute Gasteiger partial charge is 0.124 e. The summed E-state index contributed by atoms with van der Waals surface area (Å²) in [7, 11) is 1.62. The van der Waals surface area contributed by atoms with Gasteiger partial charge in [0, 0.05) is 12.5 Å². The van der Waals surface area contributed by atoms with E-state index in [0.717, 1.165) is 16.5 Å². The molecule has 0 fully saturated rings. The van der Waals surface area contributed by atoms with E-state index in [0.29, 0.717) is 17.9 Å². The maximum Gasteiger partial charge on any atom is 0.124 e. The molecule has 18 heavy (non-hydrogen) atoms. The molecule has 0 unspecified atom stereocenters. The van der Waals surface area contributed by atoms with Crippen molar-refractivity contribution >= 4 is 11.3 Å². The number of benzene rings is 1. The predicted molar refractivity (Wildman–Crippen MR) is 69.0 cm³/mol. The van der Waals surface area contributed by atoms with Crippen molar-refractivity contribution in [3.63, 3.8) is 0 Å². The molecule has 0 N–H and O–H groups in total. The van der Waals surface area contributed by atoms with Crippen molar-refractivity contribution in [1.82, 2.24) is 4.98 Å². The summed E-state index contributed by atoms with van der Waals surface area (Å²) in [5.41, 5.74) is 0. The SMILES string of the molecule is COc1cccc(OCCc2ncc(C#N)s2)c1. The highest BCUT2D eigenvalue weighted by molar-refractivity contribution is 7.12. The van der Waals surface area contributed by atoms with Gasteiger partial charge in [-0.05, 0) is 12.1 Å². The number of ether oxygens (including phenoxy) is 2. The van der Waals surface area contributed by atoms with E-state index in [1.807, 2.05) is 24.3 Å². The fourth-order valence-corrected chi connectivity index (χ4v) is 2.12. The molecule has 0 bridgehead atoms. The van der Waals surface area contributed by atoms with Crippen LogP contribution in [0.4, 0.5) is 0 Å². The predicted octanol–water partition coefficient (Wildman–Crippen LogP) is 2.64. The molecule has 92 valence electrons. The third kappa shape index (κ3) is 3.22. The largest absolute Gasteiger partial charge is 0.497 e. The maximum atomic E-state index is 8.69. The van der Waals surface area contributed by atoms with Crippen molar-refractivity contribution < 1.29 is 9.47 Å². The van der Waals surface area contributed by atoms with Gasteiger partial charge in [0.25, 0.3) is 0 Å². The second-order valence-electron chi connectivity index (χ2n) is 3.51. The number of nitrogens with zero attached hydrogens (tertiary/aromatic N) is 2. The van der Waals surface area contributed by atoms with Crippen LogP contribution in [0.3, 0.4) is 0 Å². The topological polar surface area (TPSA) is 55.1 Å². The minimum Gasteiger partial charge on any atom is -0.497 e. The number of nitriles is 1. The van der Waals surface area contributed by atoms with E-state index in [1.54, 1.807) is 13.3 Å². The van der Waals surface area contributed by atoms with Gasteiger partial charge in [0.1, 0.15) is 22.4 Å². The Morgan fingerprint density at radius 3 is 2.94 bits per heavy atom. The average molecular weight is 260 g/mol. The zero-order valence-electron chi connectivity index (χ0n) is 9.92. The first kappa shape index (κ1) is 12.4. The molecule has 4 nitrogen and oxygen atoms in total. The van der Waals surface area contributed by atoms with Crippen molar-refractivity contribution in [2.75, 3.05) is 13.7 Å². The highest BCUT2D eigenvalue weighted by Crippen LogP contribution is 2.19. The summed E-state index contributed by atoms with van der Waals surface area (Å²) in [4.78, 5) is 4.77. The number of thiazole rings is 1. The standard InChI is InChI=1S/C13H12N2O2S/c1-16-10-3-2-4-11(7-10)17-6-5-13-15-9-12(8-14)18-13/h2-4,7,9H,5-6H2,1H3. The Morgan fingerprint density at radius 1 is 1.39 bits per heavy atom. The lowest BCUT2D eigenvalue weighted by Crippen LogP contribution is -2.00. The molecule has 1 heterocycles. The number of methoxy groups -OCH3 is 1. The van der Waals surface area contributed by atoms with Crippen LogP contribution in [-0.4, -0.2) is 18.7 Å². The first-order chi connectivity index (χ1) is 8.81. The molecule has 2 rings (SSSR count). The molecule has 0 radical (unpaired) electrons. The molecular formula is C13H12N2O2S. The molecule has 0 saturated heterocycles. The van der Waals surface area contributed by atoms with Gasteiger partial charge in [-0.3, -0.25) is 0 Å². The van der Waals surface area contributed by atoms with E-state index in [4.69, 9.17) is 14.7 Å². The van der Waals surface area contributed by atoms with Crippen LogP contribution in [0, 0.1) is 11.3 Å². The van der Waals surface area contributed by atoms with E-state index >= 15 is 0 Å². The van der Waals surface area contributed by atoms with E-state index < -0.39 is 0 Å². The molecule has 5 heteroatoms. The first-order valence-electron chi connectivity index (χ1n) is 5.43. The second-order valence-corrected chi connectivity index (χ2v) is 4.62. The number of aromatic nitrogens is 1. The fourth-order valence-electron chi connectivity index (χ4n) is 1.42. The molecule has 0 saturated carbocycles. The van der Waals surface area contributed by atoms with Gasteiger partial charge in [0.05, 0.1) is 24.9 Å². The summed E-state index contributed by atoms with van der Waals surface area (Å²) in [6, 6.07) is 9.53. The molecule has 0 amide bonds. The fraction of sp³-hybridized carbons (Fsp3) is 0.231. The Morgan fingerprint density at radius 2 is 2.22 bits per heavy atom. The number of hydrogen-bond acceptors (Lipinski definition) is 5. The Kier molecular flexibility index (Phi) is 4.15. The van der Waals surface area contributed by atoms with Gasteiger partial charge in [0.2, 0.25) is 0 Å². The summed E-state index contributed by atoms with van der Waals surface area (Å²) >= 11 is 1.40. The normalized spacial score (nSPS) is 9.78. The van der Waals surface area contributed by atoms with Crippen LogP contribution in [0.2, 0.25) is 0 Å². The summed E-state index contributed by atoms with van der Waals surface area (Å²) < 4.78 is 10.7. The monoisotopic (exact) mass is 260 g/mol. The van der Waals surface area contributed by atoms with Gasteiger partial charge in [-0.15, -0.1) is 11.3 Å². The Labute approximate surface area is 109 Å². The van der Waals surface area contributed by atoms with Gasteiger partial charge in [-0.25, -0.2) is 4.98 Å². The van der Waals surface area contributed by atoms with Gasteiger partial charge >= 0.3 is 0 Å². The van der Waals surface area contributed by atoms with Crippen LogP contribution in [0.15, 0.2) is 30.5 Å². The number of hydrogen-bond donors (Lipinski definition) is 0. The van der Waals surface area contributed by atoms with E-state index in [2.05, 4.69) is 11.1 Å². The summed E-state index contributed by atoms with van der Waals surface area (Å²) in [5.74, 6) is 1.54. The van der Waals surface area contributed by atoms with Gasteiger partial charge in [-0.2, -0.15) is 5.26 Å². The van der Waals surface area contributed by atoms with Crippen molar-refractivity contribution in [3.05, 3.63) is 40.3 Å². The van der Waals surface area contributed by atoms with Crippen molar-refractivity contribution in [2.45, 2.75) is 6.42 Å². The Bertz CT molecular complexity index is 560. The quantitative estimate of drug-likeness (QED) is 0.829. The molecule has 0 aliphatic rings. The molecular weight excluding hydrogens is 248 g/mol. The Balaban J connectivity index is 1.86. The van der Waals surface area contributed by atoms with E-state index in [9.17, 15) is 0 Å². The van der Waals surface area contributed by atoms with Crippen molar-refractivity contribution in [1.29, 1.82) is 5.26 Å². The van der Waals surface area contributed by atoms with E-state index in [1.165, 1.54) is 11.3 Å². The second kappa shape index (κ2) is 6.03. The summed E-state index contributed by atoms with van der Waals surface area (Å²) in [6.07, 6.45) is 2.29. The first-order valence-corrected chi connectivity index (χ1v) is 6.25. The van der Waals surface area contributed by atoms with Gasteiger partial charge in [-0.1, -0.05) is 6.07 Å². The lowest BCUT2D eigenvalue weighted by Gasteiger charge is -2.06. The summed E-state index contributed by atoms with van der Waals surface area (Å²) in [5, 5.41) is 9.60. The average Bonchev–Trinajstić information content (AvgIpc) is 2.87. The van der Waals surface area contributed by atoms with Crippen molar-refractivity contribution in [3.8, 4) is 17.6 Å². The lowest BCUT2D eigenvalue weighted by atomic mass is 10.3.